The minimum Gasteiger partial charge on any atom is -0.394 e. The molecule has 0 radical (unpaired) electrons. The van der Waals surface area contributed by atoms with Crippen molar-refractivity contribution in [2.45, 2.75) is 19.5 Å². The predicted octanol–water partition coefficient (Wildman–Crippen LogP) is 3.93. The summed E-state index contributed by atoms with van der Waals surface area (Å²) in [6, 6.07) is 8.50. The number of aromatic nitrogens is 1. The summed E-state index contributed by atoms with van der Waals surface area (Å²) < 4.78 is 15.0. The maximum atomic E-state index is 13.6. The quantitative estimate of drug-likeness (QED) is 0.654. The van der Waals surface area contributed by atoms with Crippen molar-refractivity contribution in [2.75, 3.05) is 6.61 Å². The predicted molar refractivity (Wildman–Crippen MR) is 108 cm³/mol. The number of benzene rings is 2. The van der Waals surface area contributed by atoms with Gasteiger partial charge in [0.05, 0.1) is 28.3 Å². The molecular weight excluding hydrogens is 406 g/mol. The Hall–Kier alpha value is -2.41. The average molecular weight is 423 g/mol. The molecule has 0 saturated carbocycles. The molecule has 8 heteroatoms. The summed E-state index contributed by atoms with van der Waals surface area (Å²) in [6.07, 6.45) is 1.52. The number of carbonyl (C=O) groups excluding carboxylic acids is 1. The zero-order valence-electron chi connectivity index (χ0n) is 14.9. The largest absolute Gasteiger partial charge is 0.394 e. The van der Waals surface area contributed by atoms with Crippen LogP contribution in [0.5, 0.6) is 0 Å². The van der Waals surface area contributed by atoms with E-state index < -0.39 is 17.8 Å². The Kier molecular flexibility index (Phi) is 6.03. The molecule has 0 unspecified atom stereocenters. The highest BCUT2D eigenvalue weighted by atomic mass is 35.5. The third kappa shape index (κ3) is 3.90. The van der Waals surface area contributed by atoms with Crippen molar-refractivity contribution >= 4 is 39.9 Å². The number of nitrogens with one attached hydrogen (secondary N) is 1. The van der Waals surface area contributed by atoms with Crippen LogP contribution in [0.25, 0.3) is 10.8 Å². The lowest BCUT2D eigenvalue weighted by Crippen LogP contribution is -2.27. The van der Waals surface area contributed by atoms with Gasteiger partial charge >= 0.3 is 0 Å². The molecule has 2 aromatic carbocycles. The van der Waals surface area contributed by atoms with Gasteiger partial charge in [-0.15, -0.1) is 0 Å². The molecule has 0 spiro atoms. The molecule has 3 aromatic rings. The number of fused-ring (bicyclic) bond motifs is 1. The number of hydrogen-bond acceptors (Lipinski definition) is 3. The summed E-state index contributed by atoms with van der Waals surface area (Å²) in [4.78, 5) is 25.4. The summed E-state index contributed by atoms with van der Waals surface area (Å²) in [5, 5.41) is 12.9. The lowest BCUT2D eigenvalue weighted by atomic mass is 10.0. The van der Waals surface area contributed by atoms with E-state index in [-0.39, 0.29) is 34.3 Å². The topological polar surface area (TPSA) is 71.3 Å². The molecule has 146 valence electrons. The smallest absolute Gasteiger partial charge is 0.258 e. The van der Waals surface area contributed by atoms with Gasteiger partial charge in [-0.2, -0.15) is 0 Å². The Morgan fingerprint density at radius 2 is 1.89 bits per heavy atom. The van der Waals surface area contributed by atoms with Crippen molar-refractivity contribution in [3.8, 4) is 0 Å². The Bertz CT molecular complexity index is 1110. The van der Waals surface area contributed by atoms with E-state index in [1.165, 1.54) is 29.0 Å². The summed E-state index contributed by atoms with van der Waals surface area (Å²) in [5.74, 6) is -1.06. The number of hydrogen-bond donors (Lipinski definition) is 2. The second-order valence-electron chi connectivity index (χ2n) is 6.37. The Morgan fingerprint density at radius 1 is 1.18 bits per heavy atom. The Balaban J connectivity index is 1.96. The molecule has 1 aromatic heterocycles. The second kappa shape index (κ2) is 8.31. The van der Waals surface area contributed by atoms with Crippen LogP contribution < -0.4 is 10.9 Å². The maximum Gasteiger partial charge on any atom is 0.258 e. The second-order valence-corrected chi connectivity index (χ2v) is 7.19. The van der Waals surface area contributed by atoms with E-state index in [1.807, 2.05) is 0 Å². The molecule has 0 bridgehead atoms. The standard InChI is InChI=1S/C20H17Cl2FN2O3/c1-11(10-26)25-7-6-13-14(20(25)28)3-5-16(22)18(13)19(27)24-9-12-2-4-15(21)17(23)8-12/h2-8,11,26H,9-10H2,1H3,(H,24,27)/t11-/m1/s1. The molecule has 1 amide bonds. The summed E-state index contributed by atoms with van der Waals surface area (Å²) in [7, 11) is 0. The number of carbonyl (C=O) groups is 1. The molecule has 0 fully saturated rings. The maximum absolute atomic E-state index is 13.6. The van der Waals surface area contributed by atoms with Gasteiger partial charge in [-0.3, -0.25) is 9.59 Å². The third-order valence-corrected chi connectivity index (χ3v) is 5.09. The summed E-state index contributed by atoms with van der Waals surface area (Å²) in [5.41, 5.74) is 0.366. The van der Waals surface area contributed by atoms with Gasteiger partial charge in [0.25, 0.3) is 11.5 Å². The van der Waals surface area contributed by atoms with Crippen LogP contribution in [0.15, 0.2) is 47.4 Å². The van der Waals surface area contributed by atoms with Crippen LogP contribution in [0, 0.1) is 5.82 Å². The normalized spacial score (nSPS) is 12.2. The molecular formula is C20H17Cl2FN2O3. The van der Waals surface area contributed by atoms with Gasteiger partial charge < -0.3 is 15.0 Å². The number of amides is 1. The van der Waals surface area contributed by atoms with E-state index in [1.54, 1.807) is 25.1 Å². The lowest BCUT2D eigenvalue weighted by Gasteiger charge is -2.15. The van der Waals surface area contributed by atoms with Crippen LogP contribution >= 0.6 is 23.2 Å². The summed E-state index contributed by atoms with van der Waals surface area (Å²) >= 11 is 11.9. The molecule has 1 atom stereocenters. The zero-order chi connectivity index (χ0) is 20.4. The molecule has 0 aliphatic rings. The first-order valence-electron chi connectivity index (χ1n) is 8.49. The number of pyridine rings is 1. The van der Waals surface area contributed by atoms with E-state index >= 15 is 0 Å². The molecule has 0 aliphatic heterocycles. The average Bonchev–Trinajstić information content (AvgIpc) is 2.68. The molecule has 5 nitrogen and oxygen atoms in total. The van der Waals surface area contributed by atoms with Crippen molar-refractivity contribution in [2.24, 2.45) is 0 Å². The van der Waals surface area contributed by atoms with Gasteiger partial charge in [-0.1, -0.05) is 29.3 Å². The van der Waals surface area contributed by atoms with Crippen molar-refractivity contribution in [1.82, 2.24) is 9.88 Å². The summed E-state index contributed by atoms with van der Waals surface area (Å²) in [6.45, 7) is 1.59. The first kappa shape index (κ1) is 20.3. The number of aliphatic hydroxyl groups excluding tert-OH is 1. The number of aliphatic hydroxyl groups is 1. The number of rotatable bonds is 5. The monoisotopic (exact) mass is 422 g/mol. The highest BCUT2D eigenvalue weighted by Crippen LogP contribution is 2.25. The Morgan fingerprint density at radius 3 is 2.57 bits per heavy atom. The van der Waals surface area contributed by atoms with Crippen molar-refractivity contribution in [3.05, 3.63) is 79.9 Å². The van der Waals surface area contributed by atoms with Crippen LogP contribution in [0.3, 0.4) is 0 Å². The van der Waals surface area contributed by atoms with Gasteiger partial charge in [0.1, 0.15) is 5.82 Å². The van der Waals surface area contributed by atoms with E-state index in [0.29, 0.717) is 16.3 Å². The molecule has 1 heterocycles. The van der Waals surface area contributed by atoms with Crippen LogP contribution in [0.1, 0.15) is 28.9 Å². The van der Waals surface area contributed by atoms with E-state index in [4.69, 9.17) is 23.2 Å². The van der Waals surface area contributed by atoms with Gasteiger partial charge in [0.15, 0.2) is 0 Å². The fourth-order valence-electron chi connectivity index (χ4n) is 2.90. The van der Waals surface area contributed by atoms with Gasteiger partial charge in [0.2, 0.25) is 0 Å². The minimum absolute atomic E-state index is 0.000520. The van der Waals surface area contributed by atoms with Crippen molar-refractivity contribution in [3.63, 3.8) is 0 Å². The fourth-order valence-corrected chi connectivity index (χ4v) is 3.27. The third-order valence-electron chi connectivity index (χ3n) is 4.46. The molecule has 28 heavy (non-hydrogen) atoms. The van der Waals surface area contributed by atoms with Crippen LogP contribution in [0.2, 0.25) is 10.0 Å². The van der Waals surface area contributed by atoms with Crippen molar-refractivity contribution < 1.29 is 14.3 Å². The number of halogens is 3. The van der Waals surface area contributed by atoms with Gasteiger partial charge in [0, 0.05) is 23.5 Å². The van der Waals surface area contributed by atoms with Crippen LogP contribution in [-0.2, 0) is 6.54 Å². The van der Waals surface area contributed by atoms with E-state index in [2.05, 4.69) is 5.32 Å². The highest BCUT2D eigenvalue weighted by molar-refractivity contribution is 6.35. The number of nitrogens with zero attached hydrogens (tertiary/aromatic N) is 1. The molecule has 2 N–H and O–H groups in total. The van der Waals surface area contributed by atoms with Crippen molar-refractivity contribution in [1.29, 1.82) is 0 Å². The highest BCUT2D eigenvalue weighted by Gasteiger charge is 2.18. The zero-order valence-corrected chi connectivity index (χ0v) is 16.4. The minimum atomic E-state index is -0.574. The van der Waals surface area contributed by atoms with E-state index in [0.717, 1.165) is 0 Å². The lowest BCUT2D eigenvalue weighted by molar-refractivity contribution is 0.0952. The SMILES string of the molecule is C[C@H](CO)n1ccc2c(C(=O)NCc3ccc(Cl)c(F)c3)c(Cl)ccc2c1=O. The first-order chi connectivity index (χ1) is 13.3. The molecule has 0 saturated heterocycles. The van der Waals surface area contributed by atoms with Gasteiger partial charge in [-0.05, 0) is 42.8 Å². The first-order valence-corrected chi connectivity index (χ1v) is 9.25. The molecule has 3 rings (SSSR count). The van der Waals surface area contributed by atoms with Gasteiger partial charge in [-0.25, -0.2) is 4.39 Å². The Labute approximate surface area is 170 Å². The van der Waals surface area contributed by atoms with E-state index in [9.17, 15) is 19.1 Å². The molecule has 0 aliphatic carbocycles. The fraction of sp³-hybridized carbons (Fsp3) is 0.200. The van der Waals surface area contributed by atoms with Crippen LogP contribution in [0.4, 0.5) is 4.39 Å². The van der Waals surface area contributed by atoms with Crippen LogP contribution in [-0.4, -0.2) is 22.2 Å².